The second-order valence-corrected chi connectivity index (χ2v) is 4.32. The molecule has 0 aliphatic heterocycles. The fourth-order valence-corrected chi connectivity index (χ4v) is 1.75. The first-order valence-electron chi connectivity index (χ1n) is 5.42. The zero-order chi connectivity index (χ0) is 13.0. The molecule has 0 spiro atoms. The van der Waals surface area contributed by atoms with E-state index in [4.69, 9.17) is 21.6 Å². The number of aromatic nitrogens is 1. The highest BCUT2D eigenvalue weighted by atomic mass is 35.5. The molecule has 0 saturated heterocycles. The van der Waals surface area contributed by atoms with E-state index in [0.717, 1.165) is 11.1 Å². The SMILES string of the molecule is Cc1cncc(COc2ccc(C#N)c(Cl)c2)c1. The van der Waals surface area contributed by atoms with E-state index in [1.165, 1.54) is 0 Å². The number of nitriles is 1. The highest BCUT2D eigenvalue weighted by molar-refractivity contribution is 6.31. The zero-order valence-electron chi connectivity index (χ0n) is 9.85. The van der Waals surface area contributed by atoms with Crippen molar-refractivity contribution in [2.45, 2.75) is 13.5 Å². The monoisotopic (exact) mass is 258 g/mol. The molecule has 90 valence electrons. The lowest BCUT2D eigenvalue weighted by Gasteiger charge is -2.07. The Morgan fingerprint density at radius 1 is 1.33 bits per heavy atom. The molecule has 0 aliphatic carbocycles. The molecule has 0 N–H and O–H groups in total. The molecule has 1 aromatic carbocycles. The van der Waals surface area contributed by atoms with Crippen LogP contribution >= 0.6 is 11.6 Å². The first-order chi connectivity index (χ1) is 8.69. The van der Waals surface area contributed by atoms with Crippen LogP contribution in [0, 0.1) is 18.3 Å². The molecule has 0 radical (unpaired) electrons. The topological polar surface area (TPSA) is 45.9 Å². The molecule has 0 bridgehead atoms. The highest BCUT2D eigenvalue weighted by Gasteiger charge is 2.02. The van der Waals surface area contributed by atoms with E-state index in [2.05, 4.69) is 4.98 Å². The van der Waals surface area contributed by atoms with Gasteiger partial charge in [-0.3, -0.25) is 4.98 Å². The van der Waals surface area contributed by atoms with E-state index in [1.54, 1.807) is 30.6 Å². The first kappa shape index (κ1) is 12.4. The van der Waals surface area contributed by atoms with Gasteiger partial charge in [-0.15, -0.1) is 0 Å². The van der Waals surface area contributed by atoms with Gasteiger partial charge in [-0.05, 0) is 30.7 Å². The molecule has 1 heterocycles. The molecule has 2 aromatic rings. The maximum atomic E-state index is 8.76. The van der Waals surface area contributed by atoms with Gasteiger partial charge in [0.25, 0.3) is 0 Å². The summed E-state index contributed by atoms with van der Waals surface area (Å²) < 4.78 is 5.59. The number of ether oxygens (including phenoxy) is 1. The predicted molar refractivity (Wildman–Crippen MR) is 69.5 cm³/mol. The van der Waals surface area contributed by atoms with Crippen LogP contribution in [0.15, 0.2) is 36.7 Å². The number of halogens is 1. The summed E-state index contributed by atoms with van der Waals surface area (Å²) >= 11 is 5.92. The van der Waals surface area contributed by atoms with Gasteiger partial charge in [-0.25, -0.2) is 0 Å². The molecule has 0 amide bonds. The lowest BCUT2D eigenvalue weighted by atomic mass is 10.2. The summed E-state index contributed by atoms with van der Waals surface area (Å²) in [6.45, 7) is 2.41. The summed E-state index contributed by atoms with van der Waals surface area (Å²) in [5.74, 6) is 0.639. The largest absolute Gasteiger partial charge is 0.489 e. The number of hydrogen-bond acceptors (Lipinski definition) is 3. The molecule has 4 heteroatoms. The Morgan fingerprint density at radius 2 is 2.17 bits per heavy atom. The number of benzene rings is 1. The Morgan fingerprint density at radius 3 is 2.83 bits per heavy atom. The van der Waals surface area contributed by atoms with Crippen LogP contribution in [-0.4, -0.2) is 4.98 Å². The number of aryl methyl sites for hydroxylation is 1. The van der Waals surface area contributed by atoms with Crippen LogP contribution in [0.3, 0.4) is 0 Å². The van der Waals surface area contributed by atoms with Gasteiger partial charge in [-0.2, -0.15) is 5.26 Å². The first-order valence-corrected chi connectivity index (χ1v) is 5.80. The van der Waals surface area contributed by atoms with Gasteiger partial charge in [0, 0.05) is 24.0 Å². The molecule has 3 nitrogen and oxygen atoms in total. The average molecular weight is 259 g/mol. The molecule has 0 saturated carbocycles. The van der Waals surface area contributed by atoms with E-state index >= 15 is 0 Å². The van der Waals surface area contributed by atoms with Crippen molar-refractivity contribution in [1.82, 2.24) is 4.98 Å². The summed E-state index contributed by atoms with van der Waals surface area (Å²) in [6, 6.07) is 9.04. The molecular formula is C14H11ClN2O. The predicted octanol–water partition coefficient (Wildman–Crippen LogP) is 3.49. The minimum atomic E-state index is 0.400. The van der Waals surface area contributed by atoms with Crippen LogP contribution in [0.25, 0.3) is 0 Å². The summed E-state index contributed by atoms with van der Waals surface area (Å²) in [4.78, 5) is 4.09. The Bertz CT molecular complexity index is 605. The van der Waals surface area contributed by atoms with Crippen LogP contribution in [0.2, 0.25) is 5.02 Å². The Kier molecular flexibility index (Phi) is 3.81. The third kappa shape index (κ3) is 2.99. The highest BCUT2D eigenvalue weighted by Crippen LogP contribution is 2.22. The molecule has 18 heavy (non-hydrogen) atoms. The van der Waals surface area contributed by atoms with Crippen molar-refractivity contribution in [1.29, 1.82) is 5.26 Å². The van der Waals surface area contributed by atoms with E-state index < -0.39 is 0 Å². The minimum Gasteiger partial charge on any atom is -0.489 e. The van der Waals surface area contributed by atoms with Crippen molar-refractivity contribution in [3.63, 3.8) is 0 Å². The zero-order valence-corrected chi connectivity index (χ0v) is 10.6. The van der Waals surface area contributed by atoms with E-state index in [1.807, 2.05) is 19.1 Å². The fraction of sp³-hybridized carbons (Fsp3) is 0.143. The van der Waals surface area contributed by atoms with Crippen LogP contribution in [0.1, 0.15) is 16.7 Å². The molecular weight excluding hydrogens is 248 g/mol. The van der Waals surface area contributed by atoms with Gasteiger partial charge in [0.1, 0.15) is 18.4 Å². The van der Waals surface area contributed by atoms with E-state index in [0.29, 0.717) is 22.9 Å². The number of rotatable bonds is 3. The van der Waals surface area contributed by atoms with Crippen molar-refractivity contribution in [3.05, 3.63) is 58.4 Å². The molecule has 0 fully saturated rings. The third-order valence-electron chi connectivity index (χ3n) is 2.40. The van der Waals surface area contributed by atoms with E-state index in [9.17, 15) is 0 Å². The second-order valence-electron chi connectivity index (χ2n) is 3.91. The Labute approximate surface area is 111 Å². The van der Waals surface area contributed by atoms with Crippen molar-refractivity contribution in [3.8, 4) is 11.8 Å². The van der Waals surface area contributed by atoms with Crippen molar-refractivity contribution in [2.75, 3.05) is 0 Å². The number of pyridine rings is 1. The van der Waals surface area contributed by atoms with Crippen molar-refractivity contribution in [2.24, 2.45) is 0 Å². The summed E-state index contributed by atoms with van der Waals surface area (Å²) in [7, 11) is 0. The van der Waals surface area contributed by atoms with Gasteiger partial charge in [0.05, 0.1) is 10.6 Å². The van der Waals surface area contributed by atoms with Crippen LogP contribution in [-0.2, 0) is 6.61 Å². The standard InChI is InChI=1S/C14H11ClN2O/c1-10-4-11(8-17-7-10)9-18-13-3-2-12(6-16)14(15)5-13/h2-5,7-8H,9H2,1H3. The third-order valence-corrected chi connectivity index (χ3v) is 2.71. The lowest BCUT2D eigenvalue weighted by Crippen LogP contribution is -1.96. The fourth-order valence-electron chi connectivity index (χ4n) is 1.54. The van der Waals surface area contributed by atoms with Crippen LogP contribution < -0.4 is 4.74 Å². The molecule has 1 aromatic heterocycles. The average Bonchev–Trinajstić information content (AvgIpc) is 2.37. The summed E-state index contributed by atoms with van der Waals surface area (Å²) in [5, 5.41) is 9.16. The van der Waals surface area contributed by atoms with Gasteiger partial charge in [0.15, 0.2) is 0 Å². The van der Waals surface area contributed by atoms with E-state index in [-0.39, 0.29) is 0 Å². The number of nitrogens with zero attached hydrogens (tertiary/aromatic N) is 2. The molecule has 0 atom stereocenters. The maximum Gasteiger partial charge on any atom is 0.121 e. The van der Waals surface area contributed by atoms with Crippen LogP contribution in [0.4, 0.5) is 0 Å². The Balaban J connectivity index is 2.07. The van der Waals surface area contributed by atoms with Gasteiger partial charge < -0.3 is 4.74 Å². The van der Waals surface area contributed by atoms with Gasteiger partial charge >= 0.3 is 0 Å². The van der Waals surface area contributed by atoms with Crippen molar-refractivity contribution < 1.29 is 4.74 Å². The van der Waals surface area contributed by atoms with Crippen LogP contribution in [0.5, 0.6) is 5.75 Å². The van der Waals surface area contributed by atoms with Gasteiger partial charge in [-0.1, -0.05) is 11.6 Å². The lowest BCUT2D eigenvalue weighted by molar-refractivity contribution is 0.305. The maximum absolute atomic E-state index is 8.76. The molecule has 0 unspecified atom stereocenters. The molecule has 0 aliphatic rings. The Hall–Kier alpha value is -2.05. The van der Waals surface area contributed by atoms with Crippen molar-refractivity contribution >= 4 is 11.6 Å². The quantitative estimate of drug-likeness (QED) is 0.847. The normalized spacial score (nSPS) is 9.83. The summed E-state index contributed by atoms with van der Waals surface area (Å²) in [5.41, 5.74) is 2.53. The second kappa shape index (κ2) is 5.52. The summed E-state index contributed by atoms with van der Waals surface area (Å²) in [6.07, 6.45) is 3.56. The smallest absolute Gasteiger partial charge is 0.121 e. The molecule has 2 rings (SSSR count). The number of hydrogen-bond donors (Lipinski definition) is 0. The van der Waals surface area contributed by atoms with Gasteiger partial charge in [0.2, 0.25) is 0 Å². The minimum absolute atomic E-state index is 0.400.